The molecule has 1 aromatic rings. The highest BCUT2D eigenvalue weighted by atomic mass is 16.2. The number of unbranched alkanes of at least 4 members (excludes halogenated alkanes) is 2. The van der Waals surface area contributed by atoms with Crippen LogP contribution < -0.4 is 10.6 Å². The number of carbonyl (C=O) groups excluding carboxylic acids is 3. The van der Waals surface area contributed by atoms with Crippen LogP contribution in [0.15, 0.2) is 24.3 Å². The van der Waals surface area contributed by atoms with Crippen molar-refractivity contribution in [2.45, 2.75) is 78.2 Å². The van der Waals surface area contributed by atoms with E-state index in [1.165, 1.54) is 4.90 Å². The third-order valence-electron chi connectivity index (χ3n) is 5.20. The van der Waals surface area contributed by atoms with Crippen LogP contribution in [0.2, 0.25) is 0 Å². The zero-order valence-corrected chi connectivity index (χ0v) is 19.3. The molecule has 0 aromatic heterocycles. The fourth-order valence-electron chi connectivity index (χ4n) is 3.41. The van der Waals surface area contributed by atoms with E-state index in [1.807, 2.05) is 0 Å². The summed E-state index contributed by atoms with van der Waals surface area (Å²) in [6.07, 6.45) is 7.20. The first kappa shape index (κ1) is 25.7. The predicted octanol–water partition coefficient (Wildman–Crippen LogP) is 4.61. The number of hydrogen-bond acceptors (Lipinski definition) is 3. The van der Waals surface area contributed by atoms with Gasteiger partial charge in [-0.3, -0.25) is 14.4 Å². The fraction of sp³-hybridized carbons (Fsp3) is 0.625. The number of likely N-dealkylation sites (N-methyl/N-ethyl adjacent to an activating group) is 1. The van der Waals surface area contributed by atoms with Gasteiger partial charge in [0.15, 0.2) is 0 Å². The van der Waals surface area contributed by atoms with Crippen molar-refractivity contribution in [3.63, 3.8) is 0 Å². The zero-order valence-electron chi connectivity index (χ0n) is 19.3. The highest BCUT2D eigenvalue weighted by molar-refractivity contribution is 5.99. The molecule has 30 heavy (non-hydrogen) atoms. The Kier molecular flexibility index (Phi) is 11.8. The van der Waals surface area contributed by atoms with Crippen LogP contribution in [0.4, 0.5) is 5.69 Å². The Bertz CT molecular complexity index is 688. The van der Waals surface area contributed by atoms with Crippen molar-refractivity contribution in [1.82, 2.24) is 10.2 Å². The van der Waals surface area contributed by atoms with Crippen LogP contribution in [0.25, 0.3) is 0 Å². The molecule has 1 rings (SSSR count). The van der Waals surface area contributed by atoms with Crippen molar-refractivity contribution in [2.75, 3.05) is 19.4 Å². The third-order valence-corrected chi connectivity index (χ3v) is 5.20. The van der Waals surface area contributed by atoms with Gasteiger partial charge in [-0.05, 0) is 37.5 Å². The van der Waals surface area contributed by atoms with Gasteiger partial charge in [0.05, 0.1) is 0 Å². The lowest BCUT2D eigenvalue weighted by Crippen LogP contribution is -2.46. The lowest BCUT2D eigenvalue weighted by molar-refractivity contribution is -0.130. The van der Waals surface area contributed by atoms with E-state index in [9.17, 15) is 14.4 Å². The van der Waals surface area contributed by atoms with E-state index in [0.717, 1.165) is 44.9 Å². The number of amides is 3. The van der Waals surface area contributed by atoms with E-state index < -0.39 is 6.04 Å². The Labute approximate surface area is 181 Å². The molecule has 0 saturated heterocycles. The highest BCUT2D eigenvalue weighted by Gasteiger charge is 2.23. The quantitative estimate of drug-likeness (QED) is 0.492. The summed E-state index contributed by atoms with van der Waals surface area (Å²) in [5.74, 6) is -0.423. The van der Waals surface area contributed by atoms with Gasteiger partial charge in [0.1, 0.15) is 6.04 Å². The largest absolute Gasteiger partial charge is 0.347 e. The molecule has 0 radical (unpaired) electrons. The topological polar surface area (TPSA) is 78.5 Å². The van der Waals surface area contributed by atoms with E-state index >= 15 is 0 Å². The second-order valence-electron chi connectivity index (χ2n) is 8.10. The lowest BCUT2D eigenvalue weighted by Gasteiger charge is -2.22. The van der Waals surface area contributed by atoms with E-state index in [2.05, 4.69) is 31.4 Å². The van der Waals surface area contributed by atoms with Crippen LogP contribution in [0.3, 0.4) is 0 Å². The van der Waals surface area contributed by atoms with Crippen LogP contribution in [0.5, 0.6) is 0 Å². The Morgan fingerprint density at radius 2 is 1.60 bits per heavy atom. The minimum absolute atomic E-state index is 0.00599. The van der Waals surface area contributed by atoms with Gasteiger partial charge >= 0.3 is 0 Å². The summed E-state index contributed by atoms with van der Waals surface area (Å²) in [7, 11) is 3.38. The van der Waals surface area contributed by atoms with Crippen molar-refractivity contribution in [3.8, 4) is 0 Å². The molecule has 0 aliphatic carbocycles. The maximum absolute atomic E-state index is 12.8. The molecule has 0 saturated carbocycles. The van der Waals surface area contributed by atoms with Crippen molar-refractivity contribution < 1.29 is 14.4 Å². The lowest BCUT2D eigenvalue weighted by atomic mass is 9.96. The van der Waals surface area contributed by atoms with E-state index in [1.54, 1.807) is 38.4 Å². The second kappa shape index (κ2) is 13.8. The third kappa shape index (κ3) is 8.56. The van der Waals surface area contributed by atoms with Gasteiger partial charge in [-0.25, -0.2) is 0 Å². The van der Waals surface area contributed by atoms with Gasteiger partial charge in [0, 0.05) is 31.3 Å². The molecule has 0 spiro atoms. The number of benzene rings is 1. The minimum Gasteiger partial charge on any atom is -0.347 e. The van der Waals surface area contributed by atoms with Gasteiger partial charge in [0.2, 0.25) is 11.8 Å². The maximum Gasteiger partial charge on any atom is 0.252 e. The van der Waals surface area contributed by atoms with Crippen LogP contribution in [-0.2, 0) is 9.59 Å². The number of nitrogens with one attached hydrogen (secondary N) is 2. The number of rotatable bonds is 13. The Balaban J connectivity index is 2.86. The molecule has 2 atom stereocenters. The molecule has 6 heteroatoms. The molecule has 1 unspecified atom stereocenters. The van der Waals surface area contributed by atoms with Crippen molar-refractivity contribution >= 4 is 23.4 Å². The smallest absolute Gasteiger partial charge is 0.252 e. The van der Waals surface area contributed by atoms with Gasteiger partial charge in [0.25, 0.3) is 5.91 Å². The first-order valence-corrected chi connectivity index (χ1v) is 11.3. The first-order chi connectivity index (χ1) is 14.3. The molecule has 1 aromatic carbocycles. The standard InChI is InChI=1S/C24H39N3O3/c1-6-9-13-18(12-8-3)22(28)25-20-15-11-14-19(17-20)23(29)26-21(16-10-7-2)24(30)27(4)5/h11,14-15,17-18,21H,6-10,12-13,16H2,1-5H3,(H,25,28)(H,26,29)/t18-,21?/m0/s1. The molecule has 0 heterocycles. The molecule has 168 valence electrons. The normalized spacial score (nSPS) is 12.7. The number of hydrogen-bond donors (Lipinski definition) is 2. The van der Waals surface area contributed by atoms with Gasteiger partial charge in [-0.2, -0.15) is 0 Å². The molecule has 0 aliphatic heterocycles. The molecule has 2 N–H and O–H groups in total. The van der Waals surface area contributed by atoms with E-state index in [4.69, 9.17) is 0 Å². The van der Waals surface area contributed by atoms with Crippen LogP contribution in [-0.4, -0.2) is 42.8 Å². The van der Waals surface area contributed by atoms with Gasteiger partial charge in [-0.1, -0.05) is 58.9 Å². The minimum atomic E-state index is -0.548. The summed E-state index contributed by atoms with van der Waals surface area (Å²) in [5.41, 5.74) is 1.04. The van der Waals surface area contributed by atoms with Crippen LogP contribution in [0, 0.1) is 5.92 Å². The Hall–Kier alpha value is -2.37. The molecule has 0 fully saturated rings. The highest BCUT2D eigenvalue weighted by Crippen LogP contribution is 2.19. The van der Waals surface area contributed by atoms with Gasteiger partial charge in [-0.15, -0.1) is 0 Å². The maximum atomic E-state index is 12.8. The summed E-state index contributed by atoms with van der Waals surface area (Å²) in [6.45, 7) is 6.26. The summed E-state index contributed by atoms with van der Waals surface area (Å²) in [6, 6.07) is 6.36. The molecule has 6 nitrogen and oxygen atoms in total. The van der Waals surface area contributed by atoms with E-state index in [0.29, 0.717) is 17.7 Å². The Morgan fingerprint density at radius 3 is 2.20 bits per heavy atom. The molecular weight excluding hydrogens is 378 g/mol. The molecule has 0 bridgehead atoms. The monoisotopic (exact) mass is 417 g/mol. The fourth-order valence-corrected chi connectivity index (χ4v) is 3.41. The van der Waals surface area contributed by atoms with Crippen LogP contribution >= 0.6 is 0 Å². The number of nitrogens with zero attached hydrogens (tertiary/aromatic N) is 1. The predicted molar refractivity (Wildman–Crippen MR) is 122 cm³/mol. The SMILES string of the molecule is CCCCC(NC(=O)c1cccc(NC(=O)[C@@H](CCC)CCCC)c1)C(=O)N(C)C. The zero-order chi connectivity index (χ0) is 22.5. The molecule has 0 aliphatic rings. The summed E-state index contributed by atoms with van der Waals surface area (Å²) in [4.78, 5) is 39.4. The molecule has 3 amide bonds. The molecular formula is C24H39N3O3. The van der Waals surface area contributed by atoms with Crippen molar-refractivity contribution in [2.24, 2.45) is 5.92 Å². The van der Waals surface area contributed by atoms with Crippen molar-refractivity contribution in [3.05, 3.63) is 29.8 Å². The average molecular weight is 418 g/mol. The summed E-state index contributed by atoms with van der Waals surface area (Å²) in [5, 5.41) is 5.82. The average Bonchev–Trinajstić information content (AvgIpc) is 2.73. The van der Waals surface area contributed by atoms with Gasteiger partial charge < -0.3 is 15.5 Å². The summed E-state index contributed by atoms with van der Waals surface area (Å²) < 4.78 is 0. The Morgan fingerprint density at radius 1 is 0.933 bits per heavy atom. The van der Waals surface area contributed by atoms with Crippen molar-refractivity contribution in [1.29, 1.82) is 0 Å². The number of anilines is 1. The van der Waals surface area contributed by atoms with E-state index in [-0.39, 0.29) is 23.6 Å². The first-order valence-electron chi connectivity index (χ1n) is 11.3. The number of carbonyl (C=O) groups is 3. The van der Waals surface area contributed by atoms with Crippen LogP contribution in [0.1, 0.15) is 82.5 Å². The second-order valence-corrected chi connectivity index (χ2v) is 8.10. The summed E-state index contributed by atoms with van der Waals surface area (Å²) >= 11 is 0.